The molecule has 0 spiro atoms. The maximum Gasteiger partial charge on any atom is 0.238 e. The van der Waals surface area contributed by atoms with Gasteiger partial charge in [-0.3, -0.25) is 9.59 Å². The van der Waals surface area contributed by atoms with Crippen LogP contribution in [0.5, 0.6) is 0 Å². The Bertz CT molecular complexity index is 861. The van der Waals surface area contributed by atoms with Crippen LogP contribution in [0, 0.1) is 23.2 Å². The summed E-state index contributed by atoms with van der Waals surface area (Å²) in [5.74, 6) is 1.93. The van der Waals surface area contributed by atoms with Crippen LogP contribution in [0.4, 0.5) is 5.69 Å². The number of carbonyl (C=O) groups excluding carboxylic acids is 2. The van der Waals surface area contributed by atoms with E-state index in [-0.39, 0.29) is 35.1 Å². The molecular formula is C20H27N3O4S. The van der Waals surface area contributed by atoms with Gasteiger partial charge in [-0.1, -0.05) is 6.07 Å². The lowest BCUT2D eigenvalue weighted by atomic mass is 9.49. The monoisotopic (exact) mass is 405 g/mol. The lowest BCUT2D eigenvalue weighted by Crippen LogP contribution is -2.53. The molecule has 5 rings (SSSR count). The van der Waals surface area contributed by atoms with Crippen LogP contribution in [-0.2, 0) is 19.6 Å². The van der Waals surface area contributed by atoms with Crippen LogP contribution in [0.3, 0.4) is 0 Å². The highest BCUT2D eigenvalue weighted by molar-refractivity contribution is 7.89. The van der Waals surface area contributed by atoms with Crippen LogP contribution in [0.25, 0.3) is 0 Å². The van der Waals surface area contributed by atoms with Crippen molar-refractivity contribution in [2.24, 2.45) is 28.3 Å². The van der Waals surface area contributed by atoms with Crippen LogP contribution in [-0.4, -0.2) is 26.8 Å². The van der Waals surface area contributed by atoms with Crippen molar-refractivity contribution in [2.45, 2.75) is 49.8 Å². The summed E-state index contributed by atoms with van der Waals surface area (Å²) in [6.45, 7) is 0.279. The first kappa shape index (κ1) is 19.4. The number of carbonyl (C=O) groups is 2. The molecule has 0 unspecified atom stereocenters. The molecule has 4 saturated carbocycles. The second-order valence-corrected chi connectivity index (χ2v) is 10.4. The molecule has 0 heterocycles. The van der Waals surface area contributed by atoms with E-state index in [1.54, 1.807) is 6.07 Å². The average Bonchev–Trinajstić information content (AvgIpc) is 2.60. The zero-order valence-corrected chi connectivity index (χ0v) is 16.6. The van der Waals surface area contributed by atoms with E-state index < -0.39 is 10.0 Å². The third-order valence-electron chi connectivity index (χ3n) is 6.60. The number of nitrogens with one attached hydrogen (secondary N) is 2. The predicted octanol–water partition coefficient (Wildman–Crippen LogP) is 2.00. The van der Waals surface area contributed by atoms with Crippen LogP contribution in [0.2, 0.25) is 0 Å². The number of hydrogen-bond donors (Lipinski definition) is 3. The molecule has 1 aromatic carbocycles. The maximum absolute atomic E-state index is 12.9. The number of amides is 2. The molecule has 4 fully saturated rings. The Balaban J connectivity index is 1.28. The largest absolute Gasteiger partial charge is 0.355 e. The van der Waals surface area contributed by atoms with Crippen molar-refractivity contribution in [3.05, 3.63) is 24.3 Å². The van der Waals surface area contributed by atoms with E-state index in [0.717, 1.165) is 19.3 Å². The van der Waals surface area contributed by atoms with Crippen molar-refractivity contribution in [3.8, 4) is 0 Å². The second kappa shape index (κ2) is 7.15. The van der Waals surface area contributed by atoms with Crippen molar-refractivity contribution in [1.29, 1.82) is 0 Å². The number of rotatable bonds is 6. The Labute approximate surface area is 165 Å². The van der Waals surface area contributed by atoms with Gasteiger partial charge in [0, 0.05) is 24.1 Å². The van der Waals surface area contributed by atoms with E-state index in [9.17, 15) is 18.0 Å². The summed E-state index contributed by atoms with van der Waals surface area (Å²) < 4.78 is 22.8. The predicted molar refractivity (Wildman–Crippen MR) is 105 cm³/mol. The average molecular weight is 406 g/mol. The zero-order valence-electron chi connectivity index (χ0n) is 15.8. The first-order valence-electron chi connectivity index (χ1n) is 9.94. The number of hydrogen-bond acceptors (Lipinski definition) is 4. The fourth-order valence-electron chi connectivity index (χ4n) is 5.84. The fourth-order valence-corrected chi connectivity index (χ4v) is 6.40. The van der Waals surface area contributed by atoms with Gasteiger partial charge in [0.05, 0.1) is 4.90 Å². The van der Waals surface area contributed by atoms with Crippen LogP contribution in [0.1, 0.15) is 44.9 Å². The number of primary sulfonamides is 1. The third-order valence-corrected chi connectivity index (χ3v) is 7.51. The van der Waals surface area contributed by atoms with Gasteiger partial charge in [0.25, 0.3) is 0 Å². The van der Waals surface area contributed by atoms with E-state index >= 15 is 0 Å². The Hall–Kier alpha value is -1.93. The van der Waals surface area contributed by atoms with E-state index in [4.69, 9.17) is 5.14 Å². The van der Waals surface area contributed by atoms with Gasteiger partial charge in [0.15, 0.2) is 0 Å². The number of nitrogens with two attached hydrogens (primary N) is 1. The summed E-state index contributed by atoms with van der Waals surface area (Å²) in [5, 5.41) is 10.7. The van der Waals surface area contributed by atoms with Crippen molar-refractivity contribution in [1.82, 2.24) is 5.32 Å². The summed E-state index contributed by atoms with van der Waals surface area (Å²) in [5.41, 5.74) is 0.152. The molecule has 7 nitrogen and oxygen atoms in total. The Kier molecular flexibility index (Phi) is 4.95. The van der Waals surface area contributed by atoms with Gasteiger partial charge in [-0.05, 0) is 74.5 Å². The lowest BCUT2D eigenvalue weighted by Gasteiger charge is -2.55. The molecule has 0 atom stereocenters. The molecule has 4 bridgehead atoms. The molecule has 0 saturated heterocycles. The fraction of sp³-hybridized carbons (Fsp3) is 0.600. The molecule has 0 radical (unpaired) electrons. The molecule has 28 heavy (non-hydrogen) atoms. The Morgan fingerprint density at radius 1 is 1.07 bits per heavy atom. The van der Waals surface area contributed by atoms with Crippen molar-refractivity contribution in [3.63, 3.8) is 0 Å². The van der Waals surface area contributed by atoms with Gasteiger partial charge in [-0.2, -0.15) is 0 Å². The van der Waals surface area contributed by atoms with Crippen LogP contribution < -0.4 is 15.8 Å². The van der Waals surface area contributed by atoms with E-state index in [0.29, 0.717) is 23.4 Å². The molecule has 152 valence electrons. The molecule has 1 aromatic rings. The Morgan fingerprint density at radius 3 is 2.25 bits per heavy atom. The van der Waals surface area contributed by atoms with Crippen molar-refractivity contribution >= 4 is 27.5 Å². The SMILES string of the molecule is NS(=O)(=O)c1cccc(NC(=O)CCNC(=O)C23CC4CC(CC(C4)C2)C3)c1. The quantitative estimate of drug-likeness (QED) is 0.671. The van der Waals surface area contributed by atoms with Crippen LogP contribution in [0.15, 0.2) is 29.2 Å². The number of anilines is 1. The minimum atomic E-state index is -3.82. The molecule has 4 aliphatic rings. The number of sulfonamides is 1. The van der Waals surface area contributed by atoms with Gasteiger partial charge >= 0.3 is 0 Å². The number of benzene rings is 1. The summed E-state index contributed by atoms with van der Waals surface area (Å²) in [6, 6.07) is 5.81. The van der Waals surface area contributed by atoms with Gasteiger partial charge in [-0.25, -0.2) is 13.6 Å². The normalized spacial score (nSPS) is 30.8. The molecule has 0 aliphatic heterocycles. The van der Waals surface area contributed by atoms with Gasteiger partial charge in [0.2, 0.25) is 21.8 Å². The molecule has 8 heteroatoms. The van der Waals surface area contributed by atoms with Crippen molar-refractivity contribution in [2.75, 3.05) is 11.9 Å². The molecule has 2 amide bonds. The first-order valence-corrected chi connectivity index (χ1v) is 11.5. The van der Waals surface area contributed by atoms with E-state index in [2.05, 4.69) is 10.6 Å². The van der Waals surface area contributed by atoms with E-state index in [1.165, 1.54) is 37.5 Å². The minimum Gasteiger partial charge on any atom is -0.355 e. The van der Waals surface area contributed by atoms with E-state index in [1.807, 2.05) is 0 Å². The Morgan fingerprint density at radius 2 is 1.68 bits per heavy atom. The third kappa shape index (κ3) is 3.93. The highest BCUT2D eigenvalue weighted by atomic mass is 32.2. The molecule has 4 N–H and O–H groups in total. The van der Waals surface area contributed by atoms with Gasteiger partial charge in [0.1, 0.15) is 0 Å². The molecule has 4 aliphatic carbocycles. The highest BCUT2D eigenvalue weighted by Gasteiger charge is 2.54. The van der Waals surface area contributed by atoms with Crippen molar-refractivity contribution < 1.29 is 18.0 Å². The summed E-state index contributed by atoms with van der Waals surface area (Å²) in [6.07, 6.45) is 6.98. The zero-order chi connectivity index (χ0) is 19.9. The van der Waals surface area contributed by atoms with Gasteiger partial charge < -0.3 is 10.6 Å². The standard InChI is InChI=1S/C20H27N3O4S/c21-28(26,27)17-3-1-2-16(9-17)23-18(24)4-5-22-19(25)20-10-13-6-14(11-20)8-15(7-13)12-20/h1-3,9,13-15H,4-8,10-12H2,(H,22,25)(H,23,24)(H2,21,26,27). The summed E-state index contributed by atoms with van der Waals surface area (Å²) in [7, 11) is -3.82. The lowest BCUT2D eigenvalue weighted by molar-refractivity contribution is -0.146. The smallest absolute Gasteiger partial charge is 0.238 e. The van der Waals surface area contributed by atoms with Gasteiger partial charge in [-0.15, -0.1) is 0 Å². The first-order chi connectivity index (χ1) is 13.2. The summed E-state index contributed by atoms with van der Waals surface area (Å²) >= 11 is 0. The topological polar surface area (TPSA) is 118 Å². The molecule has 0 aromatic heterocycles. The van der Waals surface area contributed by atoms with Crippen LogP contribution >= 0.6 is 0 Å². The minimum absolute atomic E-state index is 0.0552. The molecular weight excluding hydrogens is 378 g/mol. The highest BCUT2D eigenvalue weighted by Crippen LogP contribution is 2.60. The second-order valence-electron chi connectivity index (χ2n) is 8.82. The maximum atomic E-state index is 12.9. The summed E-state index contributed by atoms with van der Waals surface area (Å²) in [4.78, 5) is 25.0.